The molecule has 1 aliphatic heterocycles. The fourth-order valence-corrected chi connectivity index (χ4v) is 3.41. The summed E-state index contributed by atoms with van der Waals surface area (Å²) in [6.45, 7) is 1.35. The summed E-state index contributed by atoms with van der Waals surface area (Å²) in [5.41, 5.74) is 5.76. The van der Waals surface area contributed by atoms with Gasteiger partial charge in [0.25, 0.3) is 0 Å². The molecule has 6 nitrogen and oxygen atoms in total. The fraction of sp³-hybridized carbons (Fsp3) is 0.308. The van der Waals surface area contributed by atoms with E-state index in [9.17, 15) is 9.59 Å². The van der Waals surface area contributed by atoms with Crippen LogP contribution in [0.1, 0.15) is 11.9 Å². The molecule has 1 aliphatic rings. The van der Waals surface area contributed by atoms with Gasteiger partial charge in [-0.25, -0.2) is 9.78 Å². The zero-order valence-corrected chi connectivity index (χ0v) is 11.8. The molecule has 0 bridgehead atoms. The predicted molar refractivity (Wildman–Crippen MR) is 74.2 cm³/mol. The standard InChI is InChI=1S/C13H13N3O3S/c1-7(17)10-13(14,16(2)12(18)19-10)11-15-8-5-3-4-6-9(8)20-11/h3-6,10H,14H2,1-2H3. The van der Waals surface area contributed by atoms with Crippen molar-refractivity contribution in [2.75, 3.05) is 7.05 Å². The maximum Gasteiger partial charge on any atom is 0.412 e. The second-order valence-corrected chi connectivity index (χ2v) is 5.78. The van der Waals surface area contributed by atoms with Crippen molar-refractivity contribution in [2.24, 2.45) is 5.73 Å². The Labute approximate surface area is 119 Å². The third kappa shape index (κ3) is 1.63. The van der Waals surface area contributed by atoms with Crippen LogP contribution in [0, 0.1) is 0 Å². The number of nitrogens with zero attached hydrogens (tertiary/aromatic N) is 2. The number of amides is 1. The van der Waals surface area contributed by atoms with E-state index in [0.29, 0.717) is 5.01 Å². The minimum atomic E-state index is -1.35. The van der Waals surface area contributed by atoms with Crippen molar-refractivity contribution in [3.8, 4) is 0 Å². The number of rotatable bonds is 2. The quantitative estimate of drug-likeness (QED) is 0.905. The van der Waals surface area contributed by atoms with Gasteiger partial charge in [0.15, 0.2) is 11.4 Å². The van der Waals surface area contributed by atoms with Crippen molar-refractivity contribution in [2.45, 2.75) is 18.7 Å². The summed E-state index contributed by atoms with van der Waals surface area (Å²) in [5, 5.41) is 0.493. The molecule has 1 aromatic heterocycles. The molecule has 2 N–H and O–H groups in total. The Kier molecular flexibility index (Phi) is 2.77. The SMILES string of the molecule is CC(=O)C1OC(=O)N(C)C1(N)c1nc2ccccc2s1. The molecule has 2 heterocycles. The highest BCUT2D eigenvalue weighted by Gasteiger charge is 2.56. The van der Waals surface area contributed by atoms with Crippen LogP contribution in [0.15, 0.2) is 24.3 Å². The van der Waals surface area contributed by atoms with Crippen molar-refractivity contribution in [3.63, 3.8) is 0 Å². The first-order valence-corrected chi connectivity index (χ1v) is 6.86. The second-order valence-electron chi connectivity index (χ2n) is 4.75. The van der Waals surface area contributed by atoms with E-state index in [-0.39, 0.29) is 5.78 Å². The highest BCUT2D eigenvalue weighted by atomic mass is 32.1. The Morgan fingerprint density at radius 3 is 2.85 bits per heavy atom. The summed E-state index contributed by atoms with van der Waals surface area (Å²) in [6.07, 6.45) is -1.66. The molecule has 1 fully saturated rings. The number of para-hydroxylation sites is 1. The number of cyclic esters (lactones) is 1. The molecule has 1 aromatic carbocycles. The van der Waals surface area contributed by atoms with Crippen LogP contribution in [0.2, 0.25) is 0 Å². The van der Waals surface area contributed by atoms with Gasteiger partial charge >= 0.3 is 6.09 Å². The number of ether oxygens (including phenoxy) is 1. The molecule has 0 radical (unpaired) electrons. The number of carbonyl (C=O) groups excluding carboxylic acids is 2. The minimum absolute atomic E-state index is 0.301. The van der Waals surface area contributed by atoms with E-state index in [2.05, 4.69) is 4.98 Å². The Bertz CT molecular complexity index is 681. The topological polar surface area (TPSA) is 85.5 Å². The monoisotopic (exact) mass is 291 g/mol. The number of Topliss-reactive ketones (excluding diaryl/α,β-unsaturated/α-hetero) is 1. The lowest BCUT2D eigenvalue weighted by atomic mass is 10.0. The van der Waals surface area contributed by atoms with Gasteiger partial charge in [0, 0.05) is 7.05 Å². The molecule has 3 rings (SSSR count). The minimum Gasteiger partial charge on any atom is -0.434 e. The van der Waals surface area contributed by atoms with Crippen LogP contribution in [0.25, 0.3) is 10.2 Å². The molecule has 1 saturated heterocycles. The number of likely N-dealkylation sites (N-methyl/N-ethyl adjacent to an activating group) is 1. The number of ketones is 1. The van der Waals surface area contributed by atoms with Crippen LogP contribution in [0.3, 0.4) is 0 Å². The molecule has 2 unspecified atom stereocenters. The molecule has 1 amide bonds. The van der Waals surface area contributed by atoms with Gasteiger partial charge in [-0.2, -0.15) is 0 Å². The van der Waals surface area contributed by atoms with Crippen LogP contribution in [-0.4, -0.2) is 34.9 Å². The van der Waals surface area contributed by atoms with Crippen LogP contribution < -0.4 is 5.73 Å². The third-order valence-corrected chi connectivity index (χ3v) is 4.63. The third-order valence-electron chi connectivity index (χ3n) is 3.45. The number of hydrogen-bond acceptors (Lipinski definition) is 6. The number of nitrogens with two attached hydrogens (primary N) is 1. The van der Waals surface area contributed by atoms with Gasteiger partial charge in [0.2, 0.25) is 6.10 Å². The first-order chi connectivity index (χ1) is 9.44. The molecule has 0 saturated carbocycles. The number of benzene rings is 1. The normalized spacial score (nSPS) is 26.1. The van der Waals surface area contributed by atoms with E-state index in [1.165, 1.54) is 30.2 Å². The summed E-state index contributed by atoms with van der Waals surface area (Å²) in [7, 11) is 1.51. The Hall–Kier alpha value is -1.99. The largest absolute Gasteiger partial charge is 0.434 e. The van der Waals surface area contributed by atoms with Crippen molar-refractivity contribution in [3.05, 3.63) is 29.3 Å². The van der Waals surface area contributed by atoms with Gasteiger partial charge in [-0.1, -0.05) is 12.1 Å². The van der Waals surface area contributed by atoms with Crippen LogP contribution in [-0.2, 0) is 15.2 Å². The lowest BCUT2D eigenvalue weighted by Gasteiger charge is -2.29. The highest BCUT2D eigenvalue weighted by Crippen LogP contribution is 2.38. The molecule has 0 aliphatic carbocycles. The average molecular weight is 291 g/mol. The fourth-order valence-electron chi connectivity index (χ4n) is 2.29. The Morgan fingerprint density at radius 1 is 1.50 bits per heavy atom. The van der Waals surface area contributed by atoms with Crippen molar-refractivity contribution >= 4 is 33.4 Å². The lowest BCUT2D eigenvalue weighted by molar-refractivity contribution is -0.127. The maximum atomic E-state index is 11.7. The lowest BCUT2D eigenvalue weighted by Crippen LogP contribution is -2.56. The van der Waals surface area contributed by atoms with Crippen LogP contribution in [0.5, 0.6) is 0 Å². The molecule has 2 atom stereocenters. The van der Waals surface area contributed by atoms with Gasteiger partial charge in [-0.15, -0.1) is 11.3 Å². The van der Waals surface area contributed by atoms with E-state index in [1.54, 1.807) is 0 Å². The first-order valence-electron chi connectivity index (χ1n) is 6.04. The van der Waals surface area contributed by atoms with Gasteiger partial charge in [0.1, 0.15) is 5.01 Å². The predicted octanol–water partition coefficient (Wildman–Crippen LogP) is 1.45. The van der Waals surface area contributed by atoms with Crippen molar-refractivity contribution in [1.82, 2.24) is 9.88 Å². The number of hydrogen-bond donors (Lipinski definition) is 1. The summed E-state index contributed by atoms with van der Waals surface area (Å²) < 4.78 is 6.03. The molecule has 20 heavy (non-hydrogen) atoms. The van der Waals surface area contributed by atoms with Gasteiger partial charge in [0.05, 0.1) is 10.2 Å². The zero-order valence-electron chi connectivity index (χ0n) is 11.0. The maximum absolute atomic E-state index is 11.7. The van der Waals surface area contributed by atoms with E-state index >= 15 is 0 Å². The van der Waals surface area contributed by atoms with Crippen molar-refractivity contribution in [1.29, 1.82) is 0 Å². The highest BCUT2D eigenvalue weighted by molar-refractivity contribution is 7.18. The molecular weight excluding hydrogens is 278 g/mol. The van der Waals surface area contributed by atoms with Gasteiger partial charge in [-0.05, 0) is 19.1 Å². The van der Waals surface area contributed by atoms with Gasteiger partial charge in [-0.3, -0.25) is 15.4 Å². The molecule has 7 heteroatoms. The summed E-state index contributed by atoms with van der Waals surface area (Å²) >= 11 is 1.36. The van der Waals surface area contributed by atoms with Crippen LogP contribution in [0.4, 0.5) is 4.79 Å². The number of fused-ring (bicyclic) bond motifs is 1. The number of aromatic nitrogens is 1. The van der Waals surface area contributed by atoms with Crippen molar-refractivity contribution < 1.29 is 14.3 Å². The zero-order chi connectivity index (χ0) is 14.5. The van der Waals surface area contributed by atoms with Crippen LogP contribution >= 0.6 is 11.3 Å². The average Bonchev–Trinajstić information content (AvgIpc) is 2.95. The van der Waals surface area contributed by atoms with E-state index < -0.39 is 17.9 Å². The number of carbonyl (C=O) groups is 2. The van der Waals surface area contributed by atoms with E-state index in [0.717, 1.165) is 10.2 Å². The first kappa shape index (κ1) is 13.0. The van der Waals surface area contributed by atoms with Gasteiger partial charge < -0.3 is 4.74 Å². The summed E-state index contributed by atoms with van der Waals surface area (Å²) in [5.74, 6) is -0.301. The Morgan fingerprint density at radius 2 is 2.20 bits per heavy atom. The Balaban J connectivity index is 2.17. The molecule has 0 spiro atoms. The summed E-state index contributed by atoms with van der Waals surface area (Å²) in [4.78, 5) is 29.2. The summed E-state index contributed by atoms with van der Waals surface area (Å²) in [6, 6.07) is 7.55. The van der Waals surface area contributed by atoms with E-state index in [1.807, 2.05) is 24.3 Å². The molecule has 104 valence electrons. The molecular formula is C13H13N3O3S. The molecule has 2 aromatic rings. The number of thiazole rings is 1. The smallest absolute Gasteiger partial charge is 0.412 e. The second kappa shape index (κ2) is 4.26. The van der Waals surface area contributed by atoms with E-state index in [4.69, 9.17) is 10.5 Å².